The monoisotopic (exact) mass is 582 g/mol. The quantitative estimate of drug-likeness (QED) is 0.280. The highest BCUT2D eigenvalue weighted by Crippen LogP contribution is 2.57. The lowest BCUT2D eigenvalue weighted by molar-refractivity contribution is 0.104. The zero-order valence-electron chi connectivity index (χ0n) is 24.2. The van der Waals surface area contributed by atoms with Crippen LogP contribution in [0.5, 0.6) is 0 Å². The van der Waals surface area contributed by atoms with Gasteiger partial charge in [-0.3, -0.25) is 4.79 Å². The van der Waals surface area contributed by atoms with Gasteiger partial charge in [0.15, 0.2) is 5.78 Å². The van der Waals surface area contributed by atoms with Crippen LogP contribution < -0.4 is 9.80 Å². The summed E-state index contributed by atoms with van der Waals surface area (Å²) in [5.74, 6) is 0.0443. The van der Waals surface area contributed by atoms with Gasteiger partial charge in [0.25, 0.3) is 0 Å². The maximum absolute atomic E-state index is 13.1. The van der Waals surface area contributed by atoms with Gasteiger partial charge in [0.05, 0.1) is 31.2 Å². The minimum absolute atomic E-state index is 0.0443. The standard InChI is InChI=1S/C37H30N2OS2/c1-20-8-10-26-22(3)25(23(4)29(26)18-20)12-16-33-38(6)31-14-15-32-37(36(31)41-33)42-34(39(32)7)17-13-27-24(5)30-19-21(2)9-11-28(30)35(27)40/h8-19H,3-5H2,1-2,6-7H3/b25-12-,27-13+,33-16-,34-17-. The lowest BCUT2D eigenvalue weighted by Gasteiger charge is -2.15. The maximum Gasteiger partial charge on any atom is 0.194 e. The summed E-state index contributed by atoms with van der Waals surface area (Å²) in [5.41, 5.74) is 13.3. The van der Waals surface area contributed by atoms with Crippen molar-refractivity contribution in [2.24, 2.45) is 0 Å². The van der Waals surface area contributed by atoms with E-state index in [-0.39, 0.29) is 5.78 Å². The number of anilines is 2. The number of hydrogen-bond donors (Lipinski definition) is 0. The van der Waals surface area contributed by atoms with E-state index in [1.54, 1.807) is 23.5 Å². The summed E-state index contributed by atoms with van der Waals surface area (Å²) in [7, 11) is 4.20. The highest BCUT2D eigenvalue weighted by Gasteiger charge is 2.33. The largest absolute Gasteiger partial charge is 0.338 e. The Bertz CT molecular complexity index is 1810. The first-order valence-corrected chi connectivity index (χ1v) is 15.5. The summed E-state index contributed by atoms with van der Waals surface area (Å²) in [5, 5.41) is 2.23. The number of hydrogen-bond acceptors (Lipinski definition) is 5. The molecule has 2 heterocycles. The number of carbonyl (C=O) groups is 1. The van der Waals surface area contributed by atoms with Gasteiger partial charge in [-0.05, 0) is 83.2 Å². The molecule has 7 rings (SSSR count). The Kier molecular flexibility index (Phi) is 6.16. The van der Waals surface area contributed by atoms with Gasteiger partial charge in [0.1, 0.15) is 0 Å². The third kappa shape index (κ3) is 3.95. The molecule has 206 valence electrons. The smallest absolute Gasteiger partial charge is 0.194 e. The van der Waals surface area contributed by atoms with Crippen molar-refractivity contribution in [2.45, 2.75) is 23.6 Å². The Morgan fingerprint density at radius 1 is 0.595 bits per heavy atom. The first-order chi connectivity index (χ1) is 20.1. The van der Waals surface area contributed by atoms with Gasteiger partial charge in [-0.25, -0.2) is 0 Å². The third-order valence-electron chi connectivity index (χ3n) is 8.44. The zero-order valence-corrected chi connectivity index (χ0v) is 25.8. The first-order valence-electron chi connectivity index (χ1n) is 13.8. The van der Waals surface area contributed by atoms with Gasteiger partial charge in [0, 0.05) is 25.2 Å². The number of thioether (sulfide) groups is 2. The number of fused-ring (bicyclic) bond motifs is 5. The molecular weight excluding hydrogens is 553 g/mol. The summed E-state index contributed by atoms with van der Waals surface area (Å²) in [4.78, 5) is 20.1. The molecular formula is C37H30N2OS2. The molecule has 2 aliphatic heterocycles. The lowest BCUT2D eigenvalue weighted by Crippen LogP contribution is -2.11. The summed E-state index contributed by atoms with van der Waals surface area (Å²) in [6.45, 7) is 17.1. The average Bonchev–Trinajstić information content (AvgIpc) is 3.62. The van der Waals surface area contributed by atoms with E-state index < -0.39 is 0 Å². The van der Waals surface area contributed by atoms with Gasteiger partial charge in [-0.1, -0.05) is 96.9 Å². The molecule has 3 aromatic rings. The topological polar surface area (TPSA) is 23.6 Å². The predicted octanol–water partition coefficient (Wildman–Crippen LogP) is 9.57. The third-order valence-corrected chi connectivity index (χ3v) is 11.0. The molecule has 0 bridgehead atoms. The minimum atomic E-state index is 0.0443. The summed E-state index contributed by atoms with van der Waals surface area (Å²) < 4.78 is 0. The van der Waals surface area contributed by atoms with Crippen molar-refractivity contribution >= 4 is 57.4 Å². The van der Waals surface area contributed by atoms with Crippen molar-refractivity contribution in [2.75, 3.05) is 23.9 Å². The van der Waals surface area contributed by atoms with Crippen molar-refractivity contribution in [3.05, 3.63) is 147 Å². The van der Waals surface area contributed by atoms with Crippen LogP contribution in [0, 0.1) is 13.8 Å². The fraction of sp³-hybridized carbons (Fsp3) is 0.108. The van der Waals surface area contributed by atoms with E-state index in [0.717, 1.165) is 49.0 Å². The van der Waals surface area contributed by atoms with Gasteiger partial charge in [-0.15, -0.1) is 0 Å². The van der Waals surface area contributed by atoms with Gasteiger partial charge in [0.2, 0.25) is 0 Å². The molecule has 0 saturated carbocycles. The van der Waals surface area contributed by atoms with Crippen molar-refractivity contribution in [1.29, 1.82) is 0 Å². The Hall–Kier alpha value is -4.19. The molecule has 0 amide bonds. The second-order valence-corrected chi connectivity index (χ2v) is 13.2. The summed E-state index contributed by atoms with van der Waals surface area (Å²) in [6, 6.07) is 16.8. The molecule has 0 aromatic heterocycles. The molecule has 3 aromatic carbocycles. The van der Waals surface area contributed by atoms with Crippen LogP contribution in [0.15, 0.2) is 124 Å². The molecule has 4 aliphatic rings. The number of rotatable bonds is 2. The molecule has 0 radical (unpaired) electrons. The number of carbonyl (C=O) groups excluding carboxylic acids is 1. The van der Waals surface area contributed by atoms with E-state index in [0.29, 0.717) is 5.57 Å². The Morgan fingerprint density at radius 3 is 1.62 bits per heavy atom. The molecule has 0 fully saturated rings. The molecule has 0 unspecified atom stereocenters. The number of allylic oxidation sites excluding steroid dienone is 9. The SMILES string of the molecule is C=C1/C(=C/C=C2\Sc3c(ccc4c3S/C(=C\C=C3/C(=C)c5cc(C)ccc5C3=O)N4C)N2C)C(=C)c2cc(C)ccc21. The molecule has 42 heavy (non-hydrogen) atoms. The van der Waals surface area contributed by atoms with E-state index in [2.05, 4.69) is 99.1 Å². The van der Waals surface area contributed by atoms with E-state index in [1.165, 1.54) is 37.9 Å². The van der Waals surface area contributed by atoms with Crippen LogP contribution in [-0.2, 0) is 0 Å². The average molecular weight is 583 g/mol. The van der Waals surface area contributed by atoms with Gasteiger partial charge >= 0.3 is 0 Å². The van der Waals surface area contributed by atoms with Crippen LogP contribution in [0.2, 0.25) is 0 Å². The van der Waals surface area contributed by atoms with Crippen molar-refractivity contribution in [3.8, 4) is 0 Å². The van der Waals surface area contributed by atoms with Gasteiger partial charge < -0.3 is 9.80 Å². The zero-order chi connectivity index (χ0) is 29.4. The Morgan fingerprint density at radius 2 is 1.05 bits per heavy atom. The van der Waals surface area contributed by atoms with Crippen molar-refractivity contribution in [3.63, 3.8) is 0 Å². The number of aryl methyl sites for hydroxylation is 2. The first kappa shape index (κ1) is 26.7. The van der Waals surface area contributed by atoms with Crippen LogP contribution >= 0.6 is 23.5 Å². The van der Waals surface area contributed by atoms with Crippen LogP contribution in [0.4, 0.5) is 11.4 Å². The van der Waals surface area contributed by atoms with E-state index >= 15 is 0 Å². The minimum Gasteiger partial charge on any atom is -0.338 e. The van der Waals surface area contributed by atoms with Crippen molar-refractivity contribution in [1.82, 2.24) is 0 Å². The van der Waals surface area contributed by atoms with Gasteiger partial charge in [-0.2, -0.15) is 0 Å². The highest BCUT2D eigenvalue weighted by molar-refractivity contribution is 8.06. The van der Waals surface area contributed by atoms with Crippen LogP contribution in [0.25, 0.3) is 16.7 Å². The second kappa shape index (κ2) is 9.69. The maximum atomic E-state index is 13.1. The fourth-order valence-corrected chi connectivity index (χ4v) is 8.43. The molecule has 0 spiro atoms. The molecule has 0 N–H and O–H groups in total. The highest BCUT2D eigenvalue weighted by atomic mass is 32.2. The summed E-state index contributed by atoms with van der Waals surface area (Å²) >= 11 is 3.53. The second-order valence-electron chi connectivity index (χ2n) is 11.1. The van der Waals surface area contributed by atoms with Crippen LogP contribution in [-0.4, -0.2) is 19.9 Å². The summed E-state index contributed by atoms with van der Waals surface area (Å²) in [6.07, 6.45) is 8.33. The number of benzene rings is 3. The van der Waals surface area contributed by atoms with E-state index in [1.807, 2.05) is 31.2 Å². The van der Waals surface area contributed by atoms with E-state index in [9.17, 15) is 4.79 Å². The number of ketones is 1. The Balaban J connectivity index is 1.16. The Labute approximate surface area is 256 Å². The molecule has 0 saturated heterocycles. The van der Waals surface area contributed by atoms with Crippen LogP contribution in [0.1, 0.15) is 38.2 Å². The molecule has 2 aliphatic carbocycles. The normalized spacial score (nSPS) is 21.0. The fourth-order valence-electron chi connectivity index (χ4n) is 6.01. The number of nitrogens with zero attached hydrogens (tertiary/aromatic N) is 2. The lowest BCUT2D eigenvalue weighted by atomic mass is 10.0. The molecule has 3 nitrogen and oxygen atoms in total. The van der Waals surface area contributed by atoms with Crippen LogP contribution in [0.3, 0.4) is 0 Å². The predicted molar refractivity (Wildman–Crippen MR) is 181 cm³/mol. The number of Topliss-reactive ketones (excluding diaryl/α,β-unsaturated/α-hetero) is 1. The van der Waals surface area contributed by atoms with Crippen molar-refractivity contribution < 1.29 is 4.79 Å². The molecule has 0 atom stereocenters. The molecule has 5 heteroatoms. The van der Waals surface area contributed by atoms with E-state index in [4.69, 9.17) is 0 Å².